The number of hydrogen-bond acceptors (Lipinski definition) is 6. The third-order valence-corrected chi connectivity index (χ3v) is 6.58. The molecule has 1 heterocycles. The molecule has 4 aromatic rings. The number of hydrogen-bond donors (Lipinski definition) is 1. The van der Waals surface area contributed by atoms with Gasteiger partial charge in [0.1, 0.15) is 12.4 Å². The van der Waals surface area contributed by atoms with E-state index in [-0.39, 0.29) is 5.91 Å². The van der Waals surface area contributed by atoms with Gasteiger partial charge in [-0.05, 0) is 72.2 Å². The summed E-state index contributed by atoms with van der Waals surface area (Å²) in [5.41, 5.74) is 3.56. The zero-order valence-corrected chi connectivity index (χ0v) is 22.9. The molecule has 6 nitrogen and oxygen atoms in total. The Bertz CT molecular complexity index is 1370. The maximum Gasteiger partial charge on any atom is 0.250 e. The number of thiazole rings is 1. The van der Waals surface area contributed by atoms with Crippen LogP contribution in [0.25, 0.3) is 17.3 Å². The average Bonchev–Trinajstić information content (AvgIpc) is 3.40. The number of aromatic nitrogens is 1. The van der Waals surface area contributed by atoms with Crippen LogP contribution in [0.5, 0.6) is 17.2 Å². The molecule has 0 unspecified atom stereocenters. The lowest BCUT2D eigenvalue weighted by Gasteiger charge is -2.11. The molecule has 0 radical (unpaired) electrons. The van der Waals surface area contributed by atoms with Crippen LogP contribution in [0.4, 0.5) is 5.13 Å². The third kappa shape index (κ3) is 7.84. The van der Waals surface area contributed by atoms with Gasteiger partial charge in [-0.25, -0.2) is 4.98 Å². The molecule has 0 bridgehead atoms. The van der Waals surface area contributed by atoms with Crippen molar-refractivity contribution in [2.24, 2.45) is 0 Å². The standard InChI is InChI=1S/C30H29ClN2O4S/c1-3-4-17-36-25-13-9-23(10-14-25)26-20-38-30(32-26)33-29(34)16-8-21-7-15-27(28(18-21)35-2)37-19-22-5-11-24(31)12-6-22/h5-16,18,20H,3-4,17,19H2,1-2H3,(H,32,33,34)/b16-8+. The summed E-state index contributed by atoms with van der Waals surface area (Å²) in [5, 5.41) is 5.95. The molecule has 1 amide bonds. The number of unbranched alkanes of at least 4 members (excludes halogenated alkanes) is 1. The Morgan fingerprint density at radius 2 is 1.82 bits per heavy atom. The molecule has 0 saturated carbocycles. The molecule has 0 saturated heterocycles. The van der Waals surface area contributed by atoms with E-state index in [1.165, 1.54) is 17.4 Å². The Morgan fingerprint density at radius 1 is 1.03 bits per heavy atom. The molecular formula is C30H29ClN2O4S. The van der Waals surface area contributed by atoms with E-state index < -0.39 is 0 Å². The average molecular weight is 549 g/mol. The predicted molar refractivity (Wildman–Crippen MR) is 154 cm³/mol. The molecule has 1 aromatic heterocycles. The van der Waals surface area contributed by atoms with Crippen LogP contribution in [-0.4, -0.2) is 24.6 Å². The summed E-state index contributed by atoms with van der Waals surface area (Å²) in [6, 6.07) is 20.8. The number of rotatable bonds is 12. The topological polar surface area (TPSA) is 69.7 Å². The van der Waals surface area contributed by atoms with Crippen LogP contribution in [0, 0.1) is 0 Å². The number of anilines is 1. The van der Waals surface area contributed by atoms with Crippen molar-refractivity contribution in [1.29, 1.82) is 0 Å². The summed E-state index contributed by atoms with van der Waals surface area (Å²) < 4.78 is 17.1. The first-order valence-corrected chi connectivity index (χ1v) is 13.5. The molecule has 0 spiro atoms. The van der Waals surface area contributed by atoms with E-state index in [9.17, 15) is 4.79 Å². The summed E-state index contributed by atoms with van der Waals surface area (Å²) in [5.74, 6) is 1.76. The minimum absolute atomic E-state index is 0.271. The van der Waals surface area contributed by atoms with Crippen LogP contribution >= 0.6 is 22.9 Å². The van der Waals surface area contributed by atoms with Crippen molar-refractivity contribution in [3.05, 3.63) is 94.3 Å². The van der Waals surface area contributed by atoms with Crippen molar-refractivity contribution >= 4 is 40.1 Å². The van der Waals surface area contributed by atoms with Crippen molar-refractivity contribution in [2.75, 3.05) is 19.0 Å². The van der Waals surface area contributed by atoms with Crippen LogP contribution in [-0.2, 0) is 11.4 Å². The fraction of sp³-hybridized carbons (Fsp3) is 0.200. The molecule has 3 aromatic carbocycles. The van der Waals surface area contributed by atoms with Gasteiger partial charge in [-0.3, -0.25) is 10.1 Å². The fourth-order valence-corrected chi connectivity index (χ4v) is 4.34. The second-order valence-electron chi connectivity index (χ2n) is 8.41. The van der Waals surface area contributed by atoms with E-state index in [1.54, 1.807) is 13.2 Å². The van der Waals surface area contributed by atoms with Gasteiger partial charge in [0.05, 0.1) is 19.4 Å². The second-order valence-corrected chi connectivity index (χ2v) is 9.71. The number of carbonyl (C=O) groups excluding carboxylic acids is 1. The molecule has 196 valence electrons. The van der Waals surface area contributed by atoms with Gasteiger partial charge in [-0.1, -0.05) is 43.1 Å². The van der Waals surface area contributed by atoms with E-state index in [0.717, 1.165) is 41.0 Å². The number of ether oxygens (including phenoxy) is 3. The zero-order valence-electron chi connectivity index (χ0n) is 21.3. The molecule has 0 atom stereocenters. The lowest BCUT2D eigenvalue weighted by atomic mass is 10.2. The molecule has 0 aliphatic carbocycles. The Balaban J connectivity index is 1.32. The SMILES string of the molecule is CCCCOc1ccc(-c2csc(NC(=O)/C=C/c3ccc(OCc4ccc(Cl)cc4)c(OC)c3)n2)cc1. The van der Waals surface area contributed by atoms with Crippen molar-refractivity contribution < 1.29 is 19.0 Å². The summed E-state index contributed by atoms with van der Waals surface area (Å²) >= 11 is 7.31. The first kappa shape index (κ1) is 27.2. The Hall–Kier alpha value is -3.81. The lowest BCUT2D eigenvalue weighted by Crippen LogP contribution is -2.07. The lowest BCUT2D eigenvalue weighted by molar-refractivity contribution is -0.111. The first-order valence-electron chi connectivity index (χ1n) is 12.3. The molecule has 1 N–H and O–H groups in total. The van der Waals surface area contributed by atoms with Crippen molar-refractivity contribution in [1.82, 2.24) is 4.98 Å². The zero-order chi connectivity index (χ0) is 26.7. The number of benzene rings is 3. The molecule has 8 heteroatoms. The van der Waals surface area contributed by atoms with E-state index >= 15 is 0 Å². The highest BCUT2D eigenvalue weighted by Crippen LogP contribution is 2.30. The van der Waals surface area contributed by atoms with Crippen molar-refractivity contribution in [3.63, 3.8) is 0 Å². The quantitative estimate of drug-likeness (QED) is 0.144. The van der Waals surface area contributed by atoms with Crippen molar-refractivity contribution in [2.45, 2.75) is 26.4 Å². The Labute approximate surface area is 231 Å². The van der Waals surface area contributed by atoms with Crippen LogP contribution < -0.4 is 19.5 Å². The van der Waals surface area contributed by atoms with Crippen LogP contribution in [0.2, 0.25) is 5.02 Å². The van der Waals surface area contributed by atoms with Crippen LogP contribution in [0.1, 0.15) is 30.9 Å². The maximum absolute atomic E-state index is 12.5. The van der Waals surface area contributed by atoms with E-state index in [2.05, 4.69) is 17.2 Å². The highest BCUT2D eigenvalue weighted by atomic mass is 35.5. The monoisotopic (exact) mass is 548 g/mol. The third-order valence-electron chi connectivity index (χ3n) is 5.57. The molecule has 0 aliphatic rings. The van der Waals surface area contributed by atoms with E-state index in [0.29, 0.717) is 34.9 Å². The Kier molecular flexibility index (Phi) is 9.78. The number of nitrogens with zero attached hydrogens (tertiary/aromatic N) is 1. The Morgan fingerprint density at radius 3 is 2.55 bits per heavy atom. The van der Waals surface area contributed by atoms with Gasteiger partial charge in [0.25, 0.3) is 0 Å². The number of nitrogens with one attached hydrogen (secondary N) is 1. The molecular weight excluding hydrogens is 520 g/mol. The summed E-state index contributed by atoms with van der Waals surface area (Å²) in [7, 11) is 1.58. The minimum atomic E-state index is -0.271. The molecule has 0 fully saturated rings. The van der Waals surface area contributed by atoms with Crippen LogP contribution in [0.15, 0.2) is 78.2 Å². The first-order chi connectivity index (χ1) is 18.5. The number of carbonyl (C=O) groups is 1. The van der Waals surface area contributed by atoms with Crippen LogP contribution in [0.3, 0.4) is 0 Å². The normalized spacial score (nSPS) is 10.9. The van der Waals surface area contributed by atoms with E-state index in [1.807, 2.05) is 72.1 Å². The highest BCUT2D eigenvalue weighted by molar-refractivity contribution is 7.14. The van der Waals surface area contributed by atoms with Gasteiger partial charge in [-0.15, -0.1) is 11.3 Å². The van der Waals surface area contributed by atoms with Crippen molar-refractivity contribution in [3.8, 4) is 28.5 Å². The largest absolute Gasteiger partial charge is 0.494 e. The minimum Gasteiger partial charge on any atom is -0.494 e. The van der Waals surface area contributed by atoms with Gasteiger partial charge >= 0.3 is 0 Å². The van der Waals surface area contributed by atoms with E-state index in [4.69, 9.17) is 25.8 Å². The number of methoxy groups -OCH3 is 1. The van der Waals surface area contributed by atoms with Gasteiger partial charge < -0.3 is 14.2 Å². The number of halogens is 1. The van der Waals surface area contributed by atoms with Gasteiger partial charge in [-0.2, -0.15) is 0 Å². The molecule has 4 rings (SSSR count). The number of amides is 1. The summed E-state index contributed by atoms with van der Waals surface area (Å²) in [6.07, 6.45) is 5.31. The van der Waals surface area contributed by atoms with Gasteiger partial charge in [0, 0.05) is 22.0 Å². The molecule has 0 aliphatic heterocycles. The summed E-state index contributed by atoms with van der Waals surface area (Å²) in [6.45, 7) is 3.24. The summed E-state index contributed by atoms with van der Waals surface area (Å²) in [4.78, 5) is 17.0. The highest BCUT2D eigenvalue weighted by Gasteiger charge is 2.09. The second kappa shape index (κ2) is 13.7. The van der Waals surface area contributed by atoms with Gasteiger partial charge in [0.15, 0.2) is 16.6 Å². The maximum atomic E-state index is 12.5. The fourth-order valence-electron chi connectivity index (χ4n) is 3.49. The smallest absolute Gasteiger partial charge is 0.250 e. The van der Waals surface area contributed by atoms with Gasteiger partial charge in [0.2, 0.25) is 5.91 Å². The molecule has 38 heavy (non-hydrogen) atoms. The predicted octanol–water partition coefficient (Wildman–Crippen LogP) is 7.88.